The summed E-state index contributed by atoms with van der Waals surface area (Å²) in [6.07, 6.45) is 3.69. The summed E-state index contributed by atoms with van der Waals surface area (Å²) >= 11 is 1.40. The fraction of sp³-hybridized carbons (Fsp3) is 0.190. The molecule has 2 aromatic carbocycles. The van der Waals surface area contributed by atoms with Crippen molar-refractivity contribution in [1.29, 1.82) is 0 Å². The molecule has 0 atom stereocenters. The van der Waals surface area contributed by atoms with E-state index in [4.69, 9.17) is 5.11 Å². The molecule has 1 aliphatic heterocycles. The molecule has 2 amide bonds. The van der Waals surface area contributed by atoms with Gasteiger partial charge in [0.1, 0.15) is 0 Å². The molecular formula is C21H20N2O4S. The molecule has 144 valence electrons. The number of carboxylic acids is 1. The summed E-state index contributed by atoms with van der Waals surface area (Å²) in [5.41, 5.74) is 2.73. The Hall–Kier alpha value is -3.06. The molecule has 1 heterocycles. The molecular weight excluding hydrogens is 376 g/mol. The molecule has 0 fully saturated rings. The van der Waals surface area contributed by atoms with Gasteiger partial charge < -0.3 is 15.3 Å². The van der Waals surface area contributed by atoms with Gasteiger partial charge in [0.15, 0.2) is 0 Å². The minimum absolute atomic E-state index is 0.0518. The van der Waals surface area contributed by atoms with E-state index in [2.05, 4.69) is 11.4 Å². The van der Waals surface area contributed by atoms with Gasteiger partial charge in [-0.2, -0.15) is 0 Å². The molecule has 7 heteroatoms. The smallest absolute Gasteiger partial charge is 0.328 e. The number of thioether (sulfide) groups is 1. The van der Waals surface area contributed by atoms with Crippen LogP contribution >= 0.6 is 11.8 Å². The molecule has 0 radical (unpaired) electrons. The Bertz CT molecular complexity index is 926. The molecule has 2 N–H and O–H groups in total. The van der Waals surface area contributed by atoms with Gasteiger partial charge in [-0.3, -0.25) is 9.59 Å². The van der Waals surface area contributed by atoms with E-state index in [0.717, 1.165) is 42.1 Å². The number of hydrogen-bond donors (Lipinski definition) is 2. The highest BCUT2D eigenvalue weighted by atomic mass is 32.2. The van der Waals surface area contributed by atoms with Crippen molar-refractivity contribution in [2.75, 3.05) is 22.5 Å². The normalized spacial score (nSPS) is 13.2. The minimum atomic E-state index is -1.18. The highest BCUT2D eigenvalue weighted by Crippen LogP contribution is 2.28. The standard InChI is InChI=1S/C21H20N2O4S/c24-19(10-11-21(26)27)22-16-7-3-8-17(13-16)28-14-20(25)23-12-4-6-15-5-1-2-9-18(15)23/h1-3,5,7-11,13H,4,6,12,14H2,(H,22,24)(H,26,27)/b11-10+. The number of hydrogen-bond acceptors (Lipinski definition) is 4. The summed E-state index contributed by atoms with van der Waals surface area (Å²) in [5.74, 6) is -1.36. The van der Waals surface area contributed by atoms with Gasteiger partial charge in [0, 0.05) is 35.0 Å². The number of aliphatic carboxylic acids is 1. The molecule has 1 aliphatic rings. The molecule has 0 saturated heterocycles. The van der Waals surface area contributed by atoms with E-state index in [1.54, 1.807) is 18.2 Å². The van der Waals surface area contributed by atoms with Gasteiger partial charge >= 0.3 is 5.97 Å². The molecule has 28 heavy (non-hydrogen) atoms. The lowest BCUT2D eigenvalue weighted by Gasteiger charge is -2.29. The van der Waals surface area contributed by atoms with Gasteiger partial charge in [0.2, 0.25) is 11.8 Å². The van der Waals surface area contributed by atoms with Crippen LogP contribution in [-0.2, 0) is 20.8 Å². The monoisotopic (exact) mass is 396 g/mol. The van der Waals surface area contributed by atoms with Crippen molar-refractivity contribution < 1.29 is 19.5 Å². The Morgan fingerprint density at radius 3 is 2.75 bits per heavy atom. The lowest BCUT2D eigenvalue weighted by molar-refractivity contribution is -0.131. The van der Waals surface area contributed by atoms with Gasteiger partial charge in [-0.25, -0.2) is 4.79 Å². The fourth-order valence-corrected chi connectivity index (χ4v) is 3.84. The molecule has 6 nitrogen and oxygen atoms in total. The summed E-state index contributed by atoms with van der Waals surface area (Å²) in [7, 11) is 0. The minimum Gasteiger partial charge on any atom is -0.478 e. The lowest BCUT2D eigenvalue weighted by Crippen LogP contribution is -2.36. The number of amides is 2. The second-order valence-electron chi connectivity index (χ2n) is 6.25. The Kier molecular flexibility index (Phi) is 6.49. The van der Waals surface area contributed by atoms with Crippen molar-refractivity contribution >= 4 is 40.9 Å². The third-order valence-corrected chi connectivity index (χ3v) is 5.23. The van der Waals surface area contributed by atoms with Crippen LogP contribution in [0.15, 0.2) is 65.6 Å². The van der Waals surface area contributed by atoms with Crippen LogP contribution in [0.4, 0.5) is 11.4 Å². The number of para-hydroxylation sites is 1. The van der Waals surface area contributed by atoms with Crippen LogP contribution in [0, 0.1) is 0 Å². The second-order valence-corrected chi connectivity index (χ2v) is 7.30. The average Bonchev–Trinajstić information content (AvgIpc) is 2.70. The number of benzene rings is 2. The first-order valence-electron chi connectivity index (χ1n) is 8.86. The maximum atomic E-state index is 12.7. The molecule has 0 spiro atoms. The predicted molar refractivity (Wildman–Crippen MR) is 110 cm³/mol. The average molecular weight is 396 g/mol. The highest BCUT2D eigenvalue weighted by molar-refractivity contribution is 8.00. The second kappa shape index (κ2) is 9.23. The van der Waals surface area contributed by atoms with Crippen molar-refractivity contribution in [3.8, 4) is 0 Å². The van der Waals surface area contributed by atoms with Crippen molar-refractivity contribution in [2.45, 2.75) is 17.7 Å². The van der Waals surface area contributed by atoms with Crippen LogP contribution in [0.3, 0.4) is 0 Å². The van der Waals surface area contributed by atoms with Gasteiger partial charge in [-0.05, 0) is 42.7 Å². The van der Waals surface area contributed by atoms with E-state index in [0.29, 0.717) is 11.4 Å². The molecule has 0 aromatic heterocycles. The number of nitrogens with one attached hydrogen (secondary N) is 1. The van der Waals surface area contributed by atoms with E-state index in [9.17, 15) is 14.4 Å². The zero-order valence-corrected chi connectivity index (χ0v) is 15.9. The lowest BCUT2D eigenvalue weighted by atomic mass is 10.0. The summed E-state index contributed by atoms with van der Waals surface area (Å²) in [4.78, 5) is 37.6. The summed E-state index contributed by atoms with van der Waals surface area (Å²) in [6, 6.07) is 15.1. The van der Waals surface area contributed by atoms with E-state index in [1.807, 2.05) is 29.2 Å². The van der Waals surface area contributed by atoms with Crippen molar-refractivity contribution in [3.63, 3.8) is 0 Å². The zero-order valence-electron chi connectivity index (χ0n) is 15.1. The van der Waals surface area contributed by atoms with Crippen LogP contribution in [0.2, 0.25) is 0 Å². The number of carboxylic acid groups (broad SMARTS) is 1. The first-order valence-corrected chi connectivity index (χ1v) is 9.84. The number of fused-ring (bicyclic) bond motifs is 1. The number of rotatable bonds is 6. The molecule has 0 aliphatic carbocycles. The fourth-order valence-electron chi connectivity index (χ4n) is 3.01. The number of nitrogens with zero attached hydrogens (tertiary/aromatic N) is 1. The van der Waals surface area contributed by atoms with Crippen molar-refractivity contribution in [1.82, 2.24) is 0 Å². The predicted octanol–water partition coefficient (Wildman–Crippen LogP) is 3.34. The van der Waals surface area contributed by atoms with Gasteiger partial charge in [0.25, 0.3) is 0 Å². The Balaban J connectivity index is 1.60. The number of carbonyl (C=O) groups is 3. The SMILES string of the molecule is O=C(O)/C=C/C(=O)Nc1cccc(SCC(=O)N2CCCc3ccccc32)c1. The first-order chi connectivity index (χ1) is 13.5. The summed E-state index contributed by atoms with van der Waals surface area (Å²) < 4.78 is 0. The van der Waals surface area contributed by atoms with Gasteiger partial charge in [-0.15, -0.1) is 11.8 Å². The first kappa shape index (κ1) is 19.7. The Morgan fingerprint density at radius 2 is 1.93 bits per heavy atom. The van der Waals surface area contributed by atoms with E-state index >= 15 is 0 Å². The van der Waals surface area contributed by atoms with Crippen LogP contribution in [0.25, 0.3) is 0 Å². The third-order valence-electron chi connectivity index (χ3n) is 4.25. The summed E-state index contributed by atoms with van der Waals surface area (Å²) in [6.45, 7) is 0.725. The van der Waals surface area contributed by atoms with Crippen LogP contribution in [0.1, 0.15) is 12.0 Å². The zero-order chi connectivity index (χ0) is 19.9. The molecule has 3 rings (SSSR count). The summed E-state index contributed by atoms with van der Waals surface area (Å²) in [5, 5.41) is 11.2. The maximum absolute atomic E-state index is 12.7. The Labute approximate surface area is 167 Å². The van der Waals surface area contributed by atoms with E-state index in [1.165, 1.54) is 17.3 Å². The molecule has 0 saturated carbocycles. The topological polar surface area (TPSA) is 86.7 Å². The van der Waals surface area contributed by atoms with Crippen LogP contribution in [0.5, 0.6) is 0 Å². The maximum Gasteiger partial charge on any atom is 0.328 e. The molecule has 0 unspecified atom stereocenters. The largest absolute Gasteiger partial charge is 0.478 e. The highest BCUT2D eigenvalue weighted by Gasteiger charge is 2.21. The van der Waals surface area contributed by atoms with Crippen molar-refractivity contribution in [2.24, 2.45) is 0 Å². The van der Waals surface area contributed by atoms with Crippen LogP contribution < -0.4 is 10.2 Å². The number of anilines is 2. The van der Waals surface area contributed by atoms with Gasteiger partial charge in [0.05, 0.1) is 5.75 Å². The Morgan fingerprint density at radius 1 is 1.11 bits per heavy atom. The van der Waals surface area contributed by atoms with E-state index in [-0.39, 0.29) is 5.91 Å². The molecule has 0 bridgehead atoms. The quantitative estimate of drug-likeness (QED) is 0.578. The number of carbonyl (C=O) groups excluding carboxylic acids is 2. The van der Waals surface area contributed by atoms with Crippen LogP contribution in [-0.4, -0.2) is 35.2 Å². The van der Waals surface area contributed by atoms with E-state index < -0.39 is 11.9 Å². The van der Waals surface area contributed by atoms with Crippen molar-refractivity contribution in [3.05, 3.63) is 66.2 Å². The third kappa shape index (κ3) is 5.23. The number of aryl methyl sites for hydroxylation is 1. The van der Waals surface area contributed by atoms with Gasteiger partial charge in [-0.1, -0.05) is 24.3 Å². The molecule has 2 aromatic rings.